The third-order valence-corrected chi connectivity index (χ3v) is 3.87. The first-order valence-corrected chi connectivity index (χ1v) is 8.91. The predicted octanol–water partition coefficient (Wildman–Crippen LogP) is 3.37. The van der Waals surface area contributed by atoms with Gasteiger partial charge in [-0.05, 0) is 25.3 Å². The highest BCUT2D eigenvalue weighted by Gasteiger charge is 2.18. The predicted molar refractivity (Wildman–Crippen MR) is 91.0 cm³/mol. The van der Waals surface area contributed by atoms with E-state index in [0.29, 0.717) is 19.3 Å². The van der Waals surface area contributed by atoms with Crippen molar-refractivity contribution in [2.24, 2.45) is 0 Å². The van der Waals surface area contributed by atoms with Gasteiger partial charge in [-0.2, -0.15) is 0 Å². The average Bonchev–Trinajstić information content (AvgIpc) is 2.48. The molecule has 0 rings (SSSR count). The molecule has 0 radical (unpaired) electrons. The van der Waals surface area contributed by atoms with Gasteiger partial charge in [0.1, 0.15) is 0 Å². The molecule has 0 aliphatic rings. The Balaban J connectivity index is 3.68. The molecule has 0 spiro atoms. The summed E-state index contributed by atoms with van der Waals surface area (Å²) in [5.74, 6) is -2.60. The zero-order valence-electron chi connectivity index (χ0n) is 14.4. The van der Waals surface area contributed by atoms with Crippen molar-refractivity contribution in [3.05, 3.63) is 12.2 Å². The molecule has 1 unspecified atom stereocenters. The van der Waals surface area contributed by atoms with Gasteiger partial charge in [-0.1, -0.05) is 57.9 Å². The summed E-state index contributed by atoms with van der Waals surface area (Å²) >= 11 is 0. The molecule has 0 amide bonds. The number of carboxylic acids is 1. The van der Waals surface area contributed by atoms with Crippen molar-refractivity contribution in [1.29, 1.82) is 0 Å². The normalized spacial score (nSPS) is 13.6. The van der Waals surface area contributed by atoms with Crippen LogP contribution in [0.2, 0.25) is 0 Å². The molecule has 0 aromatic carbocycles. The van der Waals surface area contributed by atoms with Gasteiger partial charge >= 0.3 is 5.97 Å². The van der Waals surface area contributed by atoms with Gasteiger partial charge in [-0.15, -0.1) is 0 Å². The second kappa shape index (κ2) is 13.5. The monoisotopic (exact) mass is 330 g/mol. The minimum atomic E-state index is -1.85. The van der Waals surface area contributed by atoms with Gasteiger partial charge in [0, 0.05) is 12.8 Å². The second-order valence-electron chi connectivity index (χ2n) is 6.32. The third-order valence-electron chi connectivity index (χ3n) is 3.87. The van der Waals surface area contributed by atoms with E-state index >= 15 is 0 Å². The molecule has 5 nitrogen and oxygen atoms in total. The Bertz CT molecular complexity index is 325. The van der Waals surface area contributed by atoms with Gasteiger partial charge in [0.2, 0.25) is 0 Å². The topological polar surface area (TPSA) is 98.0 Å². The number of carboxylic acid groups (broad SMARTS) is 1. The van der Waals surface area contributed by atoms with Crippen LogP contribution >= 0.6 is 0 Å². The molecule has 0 bridgehead atoms. The van der Waals surface area contributed by atoms with E-state index in [4.69, 9.17) is 5.11 Å². The highest BCUT2D eigenvalue weighted by molar-refractivity contribution is 5.66. The molecule has 0 saturated carbocycles. The molecular weight excluding hydrogens is 296 g/mol. The summed E-state index contributed by atoms with van der Waals surface area (Å²) in [5, 5.41) is 37.9. The van der Waals surface area contributed by atoms with Crippen molar-refractivity contribution in [3.8, 4) is 0 Å². The van der Waals surface area contributed by atoms with Crippen LogP contribution in [0.5, 0.6) is 0 Å². The lowest BCUT2D eigenvalue weighted by Gasteiger charge is -2.18. The molecule has 1 atom stereocenters. The summed E-state index contributed by atoms with van der Waals surface area (Å²) in [5.41, 5.74) is 0. The zero-order valence-corrected chi connectivity index (χ0v) is 14.4. The number of hydrogen-bond donors (Lipinski definition) is 4. The Morgan fingerprint density at radius 1 is 1.00 bits per heavy atom. The fourth-order valence-corrected chi connectivity index (χ4v) is 2.42. The van der Waals surface area contributed by atoms with Crippen LogP contribution in [0.3, 0.4) is 0 Å². The van der Waals surface area contributed by atoms with Crippen molar-refractivity contribution >= 4 is 5.97 Å². The van der Waals surface area contributed by atoms with Crippen molar-refractivity contribution in [3.63, 3.8) is 0 Å². The third kappa shape index (κ3) is 15.8. The van der Waals surface area contributed by atoms with E-state index in [1.54, 1.807) is 0 Å². The number of rotatable bonds is 15. The molecule has 0 aliphatic carbocycles. The summed E-state index contributed by atoms with van der Waals surface area (Å²) in [6.07, 6.45) is 11.5. The number of aliphatic hydroxyl groups is 3. The van der Waals surface area contributed by atoms with E-state index < -0.39 is 17.9 Å². The lowest BCUT2D eigenvalue weighted by atomic mass is 10.0. The van der Waals surface area contributed by atoms with E-state index in [9.17, 15) is 20.1 Å². The van der Waals surface area contributed by atoms with Gasteiger partial charge < -0.3 is 20.4 Å². The summed E-state index contributed by atoms with van der Waals surface area (Å²) in [4.78, 5) is 10.3. The highest BCUT2D eigenvalue weighted by Crippen LogP contribution is 2.16. The number of carbonyl (C=O) groups is 1. The van der Waals surface area contributed by atoms with E-state index in [1.165, 1.54) is 12.2 Å². The smallest absolute Gasteiger partial charge is 0.303 e. The number of unbranched alkanes of at least 4 members (excludes halogenated alkanes) is 7. The van der Waals surface area contributed by atoms with E-state index in [2.05, 4.69) is 6.92 Å². The number of hydrogen-bond acceptors (Lipinski definition) is 4. The van der Waals surface area contributed by atoms with Crippen LogP contribution in [0.15, 0.2) is 12.2 Å². The first-order chi connectivity index (χ1) is 10.9. The molecule has 5 heteroatoms. The number of aliphatic hydroxyl groups excluding tert-OH is 1. The fraction of sp³-hybridized carbons (Fsp3) is 0.833. The Kier molecular flexibility index (Phi) is 13.0. The molecule has 0 aromatic heterocycles. The minimum Gasteiger partial charge on any atom is -0.481 e. The van der Waals surface area contributed by atoms with Crippen molar-refractivity contribution in [2.75, 3.05) is 0 Å². The summed E-state index contributed by atoms with van der Waals surface area (Å²) in [7, 11) is 0. The highest BCUT2D eigenvalue weighted by atomic mass is 16.5. The van der Waals surface area contributed by atoms with Crippen molar-refractivity contribution in [1.82, 2.24) is 0 Å². The van der Waals surface area contributed by atoms with Crippen LogP contribution in [0.1, 0.15) is 84.0 Å². The van der Waals surface area contributed by atoms with Crippen LogP contribution in [-0.4, -0.2) is 38.3 Å². The summed E-state index contributed by atoms with van der Waals surface area (Å²) in [6, 6.07) is 0. The maximum absolute atomic E-state index is 10.3. The van der Waals surface area contributed by atoms with E-state index in [-0.39, 0.29) is 12.8 Å². The lowest BCUT2D eigenvalue weighted by Crippen LogP contribution is -2.25. The molecule has 136 valence electrons. The van der Waals surface area contributed by atoms with Crippen LogP contribution in [0.25, 0.3) is 0 Å². The first-order valence-electron chi connectivity index (χ1n) is 8.91. The van der Waals surface area contributed by atoms with E-state index in [0.717, 1.165) is 44.9 Å². The van der Waals surface area contributed by atoms with Gasteiger partial charge in [-0.3, -0.25) is 4.79 Å². The zero-order chi connectivity index (χ0) is 17.6. The largest absolute Gasteiger partial charge is 0.481 e. The number of aliphatic carboxylic acids is 1. The van der Waals surface area contributed by atoms with E-state index in [1.807, 2.05) is 0 Å². The average molecular weight is 330 g/mol. The van der Waals surface area contributed by atoms with Gasteiger partial charge in [0.25, 0.3) is 0 Å². The van der Waals surface area contributed by atoms with Crippen LogP contribution in [-0.2, 0) is 4.79 Å². The molecule has 4 N–H and O–H groups in total. The second-order valence-corrected chi connectivity index (χ2v) is 6.32. The molecular formula is C18H34O5. The Morgan fingerprint density at radius 2 is 1.61 bits per heavy atom. The van der Waals surface area contributed by atoms with Crippen molar-refractivity contribution in [2.45, 2.75) is 95.9 Å². The van der Waals surface area contributed by atoms with Crippen LogP contribution in [0, 0.1) is 0 Å². The standard InChI is InChI=1S/C18H34O5/c1-2-3-8-11-16(19)13-15-18(22,23)14-10-7-5-4-6-9-12-17(20)21/h13,15-16,19,22-23H,2-12,14H2,1H3,(H,20,21)/b15-13+. The molecule has 0 aromatic rings. The molecule has 0 aliphatic heterocycles. The first kappa shape index (κ1) is 22.1. The quantitative estimate of drug-likeness (QED) is 0.210. The van der Waals surface area contributed by atoms with Crippen LogP contribution < -0.4 is 0 Å². The Hall–Kier alpha value is -0.910. The summed E-state index contributed by atoms with van der Waals surface area (Å²) < 4.78 is 0. The Morgan fingerprint density at radius 3 is 2.22 bits per heavy atom. The van der Waals surface area contributed by atoms with Gasteiger partial charge in [-0.25, -0.2) is 0 Å². The van der Waals surface area contributed by atoms with Crippen LogP contribution in [0.4, 0.5) is 0 Å². The van der Waals surface area contributed by atoms with Gasteiger partial charge in [0.05, 0.1) is 6.10 Å². The molecule has 0 heterocycles. The Labute approximate surface area is 140 Å². The minimum absolute atomic E-state index is 0.224. The SMILES string of the molecule is CCCCCC(O)/C=C/C(O)(O)CCCCCCCCC(=O)O. The fourth-order valence-electron chi connectivity index (χ4n) is 2.42. The molecule has 0 fully saturated rings. The van der Waals surface area contributed by atoms with Gasteiger partial charge in [0.15, 0.2) is 5.79 Å². The van der Waals surface area contributed by atoms with Crippen molar-refractivity contribution < 1.29 is 25.2 Å². The maximum atomic E-state index is 10.3. The lowest BCUT2D eigenvalue weighted by molar-refractivity contribution is -0.137. The molecule has 23 heavy (non-hydrogen) atoms. The maximum Gasteiger partial charge on any atom is 0.303 e. The molecule has 0 saturated heterocycles. The summed E-state index contributed by atoms with van der Waals surface area (Å²) in [6.45, 7) is 2.10.